The van der Waals surface area contributed by atoms with E-state index >= 15 is 0 Å². The van der Waals surface area contributed by atoms with Crippen LogP contribution in [0.25, 0.3) is 0 Å². The molecule has 23 heavy (non-hydrogen) atoms. The molecule has 2 aliphatic carbocycles. The van der Waals surface area contributed by atoms with Gasteiger partial charge in [0.15, 0.2) is 0 Å². The van der Waals surface area contributed by atoms with Crippen molar-refractivity contribution >= 4 is 18.3 Å². The van der Waals surface area contributed by atoms with Crippen LogP contribution in [0.2, 0.25) is 0 Å². The zero-order valence-electron chi connectivity index (χ0n) is 14.0. The number of aryl methyl sites for hydroxylation is 1. The molecule has 3 rings (SSSR count). The Kier molecular flexibility index (Phi) is 6.49. The summed E-state index contributed by atoms with van der Waals surface area (Å²) >= 11 is 0. The molecule has 2 N–H and O–H groups in total. The zero-order valence-corrected chi connectivity index (χ0v) is 14.9. The van der Waals surface area contributed by atoms with Crippen molar-refractivity contribution in [2.45, 2.75) is 63.5 Å². The van der Waals surface area contributed by atoms with Crippen LogP contribution in [-0.4, -0.2) is 29.9 Å². The number of amides is 1. The summed E-state index contributed by atoms with van der Waals surface area (Å²) in [6.07, 6.45) is 8.27. The van der Waals surface area contributed by atoms with Crippen molar-refractivity contribution in [1.82, 2.24) is 4.90 Å². The third-order valence-electron chi connectivity index (χ3n) is 5.59. The Balaban J connectivity index is 0.00000192. The number of nitrogens with two attached hydrogens (primary N) is 1. The van der Waals surface area contributed by atoms with Crippen molar-refractivity contribution in [2.24, 2.45) is 11.7 Å². The minimum atomic E-state index is 0. The predicted octanol–water partition coefficient (Wildman–Crippen LogP) is 3.33. The maximum atomic E-state index is 12.6. The zero-order chi connectivity index (χ0) is 15.5. The molecule has 128 valence electrons. The van der Waals surface area contributed by atoms with Gasteiger partial charge in [0, 0.05) is 25.6 Å². The van der Waals surface area contributed by atoms with Crippen LogP contribution in [-0.2, 0) is 17.6 Å². The Labute approximate surface area is 146 Å². The van der Waals surface area contributed by atoms with E-state index in [9.17, 15) is 4.79 Å². The van der Waals surface area contributed by atoms with Crippen LogP contribution in [0.1, 0.15) is 49.7 Å². The average Bonchev–Trinajstić information content (AvgIpc) is 2.55. The molecule has 1 fully saturated rings. The topological polar surface area (TPSA) is 46.3 Å². The number of benzene rings is 1. The molecule has 1 aromatic carbocycles. The van der Waals surface area contributed by atoms with Crippen LogP contribution in [0, 0.1) is 5.92 Å². The maximum Gasteiger partial charge on any atom is 0.222 e. The van der Waals surface area contributed by atoms with E-state index in [0.29, 0.717) is 30.3 Å². The van der Waals surface area contributed by atoms with Gasteiger partial charge < -0.3 is 10.6 Å². The summed E-state index contributed by atoms with van der Waals surface area (Å²) in [6.45, 7) is 0. The molecular formula is C19H29ClN2O. The van der Waals surface area contributed by atoms with Crippen LogP contribution < -0.4 is 5.73 Å². The fourth-order valence-corrected chi connectivity index (χ4v) is 4.03. The molecule has 3 nitrogen and oxygen atoms in total. The minimum Gasteiger partial charge on any atom is -0.343 e. The third kappa shape index (κ3) is 4.48. The van der Waals surface area contributed by atoms with Gasteiger partial charge in [-0.2, -0.15) is 0 Å². The van der Waals surface area contributed by atoms with Gasteiger partial charge in [-0.15, -0.1) is 12.4 Å². The van der Waals surface area contributed by atoms with Crippen LogP contribution in [0.5, 0.6) is 0 Å². The van der Waals surface area contributed by atoms with E-state index in [1.54, 1.807) is 0 Å². The number of rotatable bonds is 3. The summed E-state index contributed by atoms with van der Waals surface area (Å²) in [4.78, 5) is 14.6. The molecule has 0 heterocycles. The van der Waals surface area contributed by atoms with Crippen molar-refractivity contribution in [1.29, 1.82) is 0 Å². The largest absolute Gasteiger partial charge is 0.343 e. The van der Waals surface area contributed by atoms with E-state index in [-0.39, 0.29) is 12.4 Å². The van der Waals surface area contributed by atoms with Gasteiger partial charge in [-0.05, 0) is 62.0 Å². The first kappa shape index (κ1) is 18.3. The average molecular weight is 337 g/mol. The van der Waals surface area contributed by atoms with E-state index in [2.05, 4.69) is 24.3 Å². The van der Waals surface area contributed by atoms with Gasteiger partial charge in [0.25, 0.3) is 0 Å². The Morgan fingerprint density at radius 3 is 2.48 bits per heavy atom. The summed E-state index contributed by atoms with van der Waals surface area (Å²) in [7, 11) is 1.99. The van der Waals surface area contributed by atoms with E-state index in [4.69, 9.17) is 5.73 Å². The van der Waals surface area contributed by atoms with Gasteiger partial charge in [-0.3, -0.25) is 4.79 Å². The fraction of sp³-hybridized carbons (Fsp3) is 0.632. The first-order valence-corrected chi connectivity index (χ1v) is 8.71. The van der Waals surface area contributed by atoms with Crippen molar-refractivity contribution in [3.8, 4) is 0 Å². The fourth-order valence-electron chi connectivity index (χ4n) is 4.03. The van der Waals surface area contributed by atoms with Gasteiger partial charge in [0.2, 0.25) is 5.91 Å². The second-order valence-electron chi connectivity index (χ2n) is 7.15. The number of hydrogen-bond acceptors (Lipinski definition) is 2. The van der Waals surface area contributed by atoms with Crippen molar-refractivity contribution < 1.29 is 4.79 Å². The number of fused-ring (bicyclic) bond motifs is 1. The SMILES string of the molecule is CN(C(=O)C[C@H]1CCc2ccccc2C1)C1CCC(N)CC1.Cl. The summed E-state index contributed by atoms with van der Waals surface area (Å²) in [5.41, 5.74) is 8.88. The first-order valence-electron chi connectivity index (χ1n) is 8.71. The van der Waals surface area contributed by atoms with Gasteiger partial charge in [0.05, 0.1) is 0 Å². The quantitative estimate of drug-likeness (QED) is 0.920. The minimum absolute atomic E-state index is 0. The maximum absolute atomic E-state index is 12.6. The predicted molar refractivity (Wildman–Crippen MR) is 96.8 cm³/mol. The van der Waals surface area contributed by atoms with Gasteiger partial charge in [0.1, 0.15) is 0 Å². The summed E-state index contributed by atoms with van der Waals surface area (Å²) < 4.78 is 0. The van der Waals surface area contributed by atoms with Crippen molar-refractivity contribution in [2.75, 3.05) is 7.05 Å². The summed E-state index contributed by atoms with van der Waals surface area (Å²) in [5, 5.41) is 0. The lowest BCUT2D eigenvalue weighted by molar-refractivity contribution is -0.133. The molecule has 0 unspecified atom stereocenters. The lowest BCUT2D eigenvalue weighted by atomic mass is 9.82. The molecule has 1 amide bonds. The molecular weight excluding hydrogens is 308 g/mol. The highest BCUT2D eigenvalue weighted by molar-refractivity contribution is 5.85. The second kappa shape index (κ2) is 8.16. The van der Waals surface area contributed by atoms with Crippen molar-refractivity contribution in [3.63, 3.8) is 0 Å². The van der Waals surface area contributed by atoms with Gasteiger partial charge in [-0.1, -0.05) is 24.3 Å². The molecule has 1 atom stereocenters. The molecule has 2 aliphatic rings. The van der Waals surface area contributed by atoms with Crippen LogP contribution >= 0.6 is 12.4 Å². The number of hydrogen-bond donors (Lipinski definition) is 1. The van der Waals surface area contributed by atoms with Crippen LogP contribution in [0.15, 0.2) is 24.3 Å². The highest BCUT2D eigenvalue weighted by atomic mass is 35.5. The van der Waals surface area contributed by atoms with E-state index in [1.807, 2.05) is 11.9 Å². The Hall–Kier alpha value is -1.06. The number of halogens is 1. The Morgan fingerprint density at radius 1 is 1.13 bits per heavy atom. The molecule has 0 radical (unpaired) electrons. The highest BCUT2D eigenvalue weighted by Crippen LogP contribution is 2.29. The molecule has 0 saturated heterocycles. The number of carbonyl (C=O) groups excluding carboxylic acids is 1. The second-order valence-corrected chi connectivity index (χ2v) is 7.15. The number of nitrogens with zero attached hydrogens (tertiary/aromatic N) is 1. The molecule has 0 aromatic heterocycles. The highest BCUT2D eigenvalue weighted by Gasteiger charge is 2.27. The van der Waals surface area contributed by atoms with Gasteiger partial charge in [-0.25, -0.2) is 0 Å². The molecule has 0 bridgehead atoms. The lowest BCUT2D eigenvalue weighted by Gasteiger charge is -2.34. The van der Waals surface area contributed by atoms with E-state index in [1.165, 1.54) is 11.1 Å². The summed E-state index contributed by atoms with van der Waals surface area (Å²) in [6, 6.07) is 9.42. The first-order chi connectivity index (χ1) is 10.6. The normalized spacial score (nSPS) is 26.8. The molecule has 1 saturated carbocycles. The van der Waals surface area contributed by atoms with Gasteiger partial charge >= 0.3 is 0 Å². The Bertz CT molecular complexity index is 526. The van der Waals surface area contributed by atoms with Crippen molar-refractivity contribution in [3.05, 3.63) is 35.4 Å². The molecule has 0 spiro atoms. The molecule has 4 heteroatoms. The molecule has 0 aliphatic heterocycles. The van der Waals surface area contributed by atoms with E-state index in [0.717, 1.165) is 44.9 Å². The van der Waals surface area contributed by atoms with Crippen LogP contribution in [0.3, 0.4) is 0 Å². The summed E-state index contributed by atoms with van der Waals surface area (Å²) in [5.74, 6) is 0.834. The number of carbonyl (C=O) groups is 1. The standard InChI is InChI=1S/C19H28N2O.ClH/c1-21(18-10-8-17(20)9-11-18)19(22)13-14-6-7-15-4-2-3-5-16(15)12-14;/h2-5,14,17-18H,6-13,20H2,1H3;1H/t14-,17?,18?;/m0./s1. The van der Waals surface area contributed by atoms with Crippen LogP contribution in [0.4, 0.5) is 0 Å². The monoisotopic (exact) mass is 336 g/mol. The Morgan fingerprint density at radius 2 is 1.78 bits per heavy atom. The smallest absolute Gasteiger partial charge is 0.222 e. The lowest BCUT2D eigenvalue weighted by Crippen LogP contribution is -2.42. The van der Waals surface area contributed by atoms with E-state index < -0.39 is 0 Å². The third-order valence-corrected chi connectivity index (χ3v) is 5.59. The molecule has 1 aromatic rings.